The molecule has 8 rings (SSSR count). The van der Waals surface area contributed by atoms with E-state index in [1.165, 1.54) is 39.3 Å². The lowest BCUT2D eigenvalue weighted by molar-refractivity contribution is -0.0169. The van der Waals surface area contributed by atoms with E-state index in [-0.39, 0.29) is 24.8 Å². The highest BCUT2D eigenvalue weighted by atomic mass is 35.5. The molecule has 2 nitrogen and oxygen atoms in total. The number of hydrogen-bond donors (Lipinski definition) is 0. The predicted octanol–water partition coefficient (Wildman–Crippen LogP) is 3.54. The van der Waals surface area contributed by atoms with Crippen LogP contribution in [0.1, 0.15) is 38.5 Å². The third-order valence-corrected chi connectivity index (χ3v) is 7.10. The Morgan fingerprint density at radius 1 is 0.364 bits per heavy atom. The highest BCUT2D eigenvalue weighted by Gasteiger charge is 2.41. The van der Waals surface area contributed by atoms with Gasteiger partial charge in [0.05, 0.1) is 0 Å². The topological polar surface area (TPSA) is 6.48 Å². The quantitative estimate of drug-likeness (QED) is 0.661. The van der Waals surface area contributed by atoms with Gasteiger partial charge in [-0.05, 0) is 74.0 Å². The highest BCUT2D eigenvalue weighted by molar-refractivity contribution is 5.85. The molecule has 8 bridgehead atoms. The molecule has 0 atom stereocenters. The zero-order chi connectivity index (χ0) is 13.1. The summed E-state index contributed by atoms with van der Waals surface area (Å²) in [6.45, 7) is 8.62. The van der Waals surface area contributed by atoms with E-state index >= 15 is 0 Å². The molecular weight excluding hydrogens is 315 g/mol. The van der Waals surface area contributed by atoms with Gasteiger partial charge in [0.15, 0.2) is 0 Å². The van der Waals surface area contributed by atoms with Crippen LogP contribution >= 0.6 is 24.8 Å². The number of hydrogen-bond acceptors (Lipinski definition) is 2. The Hall–Kier alpha value is 0.500. The zero-order valence-electron chi connectivity index (χ0n) is 13.7. The summed E-state index contributed by atoms with van der Waals surface area (Å²) in [4.78, 5) is 5.38. The molecule has 22 heavy (non-hydrogen) atoms. The van der Waals surface area contributed by atoms with Crippen LogP contribution < -0.4 is 0 Å². The average Bonchev–Trinajstić information content (AvgIpc) is 2.35. The van der Waals surface area contributed by atoms with Crippen molar-refractivity contribution >= 4 is 24.8 Å². The average molecular weight is 347 g/mol. The Balaban J connectivity index is 0.000000120. The van der Waals surface area contributed by atoms with Crippen LogP contribution in [0.3, 0.4) is 0 Å². The van der Waals surface area contributed by atoms with Gasteiger partial charge in [-0.2, -0.15) is 0 Å². The predicted molar refractivity (Wildman–Crippen MR) is 96.0 cm³/mol. The van der Waals surface area contributed by atoms with Crippen LogP contribution in [0, 0.1) is 35.5 Å². The standard InChI is InChI=1S/2C9H15N.2ClH/c2*1-7-2-9-3-8(1)5-10(4-7)6-9;;/h2*7-9H,1-6H2;2*1H. The Kier molecular flexibility index (Phi) is 5.34. The van der Waals surface area contributed by atoms with Crippen molar-refractivity contribution in [3.05, 3.63) is 0 Å². The normalized spacial score (nSPS) is 52.4. The first-order valence-corrected chi connectivity index (χ1v) is 9.25. The minimum atomic E-state index is 0. The first kappa shape index (κ1) is 17.3. The lowest BCUT2D eigenvalue weighted by Gasteiger charge is -2.51. The van der Waals surface area contributed by atoms with Gasteiger partial charge in [0.25, 0.3) is 0 Å². The molecule has 0 aromatic rings. The molecule has 6 heterocycles. The van der Waals surface area contributed by atoms with Gasteiger partial charge in [-0.3, -0.25) is 0 Å². The second kappa shape index (κ2) is 6.78. The van der Waals surface area contributed by atoms with Gasteiger partial charge in [-0.25, -0.2) is 0 Å². The summed E-state index contributed by atoms with van der Waals surface area (Å²) >= 11 is 0. The van der Waals surface area contributed by atoms with Crippen molar-refractivity contribution in [3.8, 4) is 0 Å². The first-order valence-electron chi connectivity index (χ1n) is 9.25. The van der Waals surface area contributed by atoms with Crippen molar-refractivity contribution in [1.29, 1.82) is 0 Å². The molecule has 2 aliphatic carbocycles. The van der Waals surface area contributed by atoms with Crippen molar-refractivity contribution in [2.75, 3.05) is 39.3 Å². The van der Waals surface area contributed by atoms with Gasteiger partial charge in [0, 0.05) is 39.3 Å². The van der Waals surface area contributed by atoms with Gasteiger partial charge in [0.2, 0.25) is 0 Å². The number of nitrogens with zero attached hydrogens (tertiary/aromatic N) is 2. The summed E-state index contributed by atoms with van der Waals surface area (Å²) in [6, 6.07) is 0. The van der Waals surface area contributed by atoms with E-state index in [2.05, 4.69) is 9.80 Å². The fourth-order valence-electron chi connectivity index (χ4n) is 6.94. The van der Waals surface area contributed by atoms with E-state index in [1.54, 1.807) is 38.5 Å². The fourth-order valence-corrected chi connectivity index (χ4v) is 6.94. The molecule has 6 saturated heterocycles. The van der Waals surface area contributed by atoms with E-state index in [0.29, 0.717) is 0 Å². The number of rotatable bonds is 0. The minimum Gasteiger partial charge on any atom is -0.303 e. The SMILES string of the molecule is C1C2CC3CC1CN(C2)C3.C1C2CC3CC1CN(C2)C3.Cl.Cl. The Labute approximate surface area is 148 Å². The Morgan fingerprint density at radius 2 is 0.545 bits per heavy atom. The van der Waals surface area contributed by atoms with Crippen molar-refractivity contribution in [2.45, 2.75) is 38.5 Å². The number of piperidine rings is 6. The van der Waals surface area contributed by atoms with Gasteiger partial charge in [-0.1, -0.05) is 0 Å². The van der Waals surface area contributed by atoms with Crippen LogP contribution in [0.5, 0.6) is 0 Å². The highest BCUT2D eigenvalue weighted by Crippen LogP contribution is 2.43. The Bertz CT molecular complexity index is 238. The lowest BCUT2D eigenvalue weighted by Crippen LogP contribution is -2.53. The van der Waals surface area contributed by atoms with Crippen molar-refractivity contribution in [1.82, 2.24) is 9.80 Å². The van der Waals surface area contributed by atoms with E-state index in [9.17, 15) is 0 Å². The van der Waals surface area contributed by atoms with E-state index in [4.69, 9.17) is 0 Å². The van der Waals surface area contributed by atoms with Crippen LogP contribution in [0.2, 0.25) is 0 Å². The van der Waals surface area contributed by atoms with Crippen LogP contribution in [-0.2, 0) is 0 Å². The van der Waals surface area contributed by atoms with E-state index in [1.807, 2.05) is 0 Å². The molecule has 2 saturated carbocycles. The van der Waals surface area contributed by atoms with Crippen LogP contribution in [0.25, 0.3) is 0 Å². The molecule has 8 fully saturated rings. The molecule has 0 N–H and O–H groups in total. The fraction of sp³-hybridized carbons (Fsp3) is 1.00. The Morgan fingerprint density at radius 3 is 0.682 bits per heavy atom. The summed E-state index contributed by atoms with van der Waals surface area (Å²) < 4.78 is 0. The minimum absolute atomic E-state index is 0. The largest absolute Gasteiger partial charge is 0.303 e. The smallest absolute Gasteiger partial charge is 0.00101 e. The zero-order valence-corrected chi connectivity index (χ0v) is 15.3. The van der Waals surface area contributed by atoms with Gasteiger partial charge < -0.3 is 9.80 Å². The summed E-state index contributed by atoms with van der Waals surface area (Å²) in [5.41, 5.74) is 0. The molecule has 0 spiro atoms. The van der Waals surface area contributed by atoms with Crippen molar-refractivity contribution in [3.63, 3.8) is 0 Å². The van der Waals surface area contributed by atoms with Crippen molar-refractivity contribution < 1.29 is 0 Å². The molecule has 8 aliphatic rings. The van der Waals surface area contributed by atoms with E-state index in [0.717, 1.165) is 35.5 Å². The van der Waals surface area contributed by atoms with Gasteiger partial charge in [0.1, 0.15) is 0 Å². The summed E-state index contributed by atoms with van der Waals surface area (Å²) in [5.74, 6) is 6.62. The van der Waals surface area contributed by atoms with E-state index < -0.39 is 0 Å². The van der Waals surface area contributed by atoms with Gasteiger partial charge in [-0.15, -0.1) is 24.8 Å². The summed E-state index contributed by atoms with van der Waals surface area (Å²) in [7, 11) is 0. The third kappa shape index (κ3) is 3.31. The molecule has 0 radical (unpaired) electrons. The summed E-state index contributed by atoms with van der Waals surface area (Å²) in [6.07, 6.45) is 9.38. The molecular formula is C18H32Cl2N2. The molecule has 128 valence electrons. The molecule has 0 unspecified atom stereocenters. The lowest BCUT2D eigenvalue weighted by atomic mass is 9.68. The maximum absolute atomic E-state index is 2.69. The molecule has 6 aliphatic heterocycles. The number of halogens is 2. The second-order valence-corrected chi connectivity index (χ2v) is 9.05. The second-order valence-electron chi connectivity index (χ2n) is 9.05. The van der Waals surface area contributed by atoms with Crippen LogP contribution in [-0.4, -0.2) is 49.1 Å². The monoisotopic (exact) mass is 346 g/mol. The maximum Gasteiger partial charge on any atom is 0.00101 e. The van der Waals surface area contributed by atoms with Crippen LogP contribution in [0.4, 0.5) is 0 Å². The van der Waals surface area contributed by atoms with Crippen LogP contribution in [0.15, 0.2) is 0 Å². The third-order valence-electron chi connectivity index (χ3n) is 7.10. The molecule has 0 aromatic heterocycles. The molecule has 4 heteroatoms. The summed E-state index contributed by atoms with van der Waals surface area (Å²) in [5, 5.41) is 0. The maximum atomic E-state index is 2.69. The molecule has 0 amide bonds. The first-order chi connectivity index (χ1) is 9.80. The van der Waals surface area contributed by atoms with Gasteiger partial charge >= 0.3 is 0 Å². The molecule has 0 aromatic carbocycles. The van der Waals surface area contributed by atoms with Crippen molar-refractivity contribution in [2.24, 2.45) is 35.5 Å².